The third kappa shape index (κ3) is 1.45. The average Bonchev–Trinajstić information content (AvgIpc) is 3.11. The third-order valence-corrected chi connectivity index (χ3v) is 10.9. The molecule has 0 saturated carbocycles. The van der Waals surface area contributed by atoms with Gasteiger partial charge in [-0.2, -0.15) is 0 Å². The lowest BCUT2D eigenvalue weighted by Gasteiger charge is -2.49. The summed E-state index contributed by atoms with van der Waals surface area (Å²) in [6.07, 6.45) is 0. The number of phenolic OH excluding ortho intramolecular Hbond substituents is 2. The highest BCUT2D eigenvalue weighted by molar-refractivity contribution is 9.11. The second kappa shape index (κ2) is 5.16. The summed E-state index contributed by atoms with van der Waals surface area (Å²) in [6, 6.07) is 17.5. The summed E-state index contributed by atoms with van der Waals surface area (Å²) in [7, 11) is 0. The second-order valence-electron chi connectivity index (χ2n) is 9.67. The zero-order chi connectivity index (χ0) is 21.4. The van der Waals surface area contributed by atoms with Gasteiger partial charge in [0.05, 0.1) is 8.95 Å². The van der Waals surface area contributed by atoms with Crippen molar-refractivity contribution in [3.63, 3.8) is 0 Å². The number of hydrogen-bond donors (Lipinski definition) is 2. The minimum Gasteiger partial charge on any atom is -0.503 e. The molecule has 0 saturated heterocycles. The maximum absolute atomic E-state index is 10.8. The Morgan fingerprint density at radius 2 is 0.867 bits per heavy atom. The van der Waals surface area contributed by atoms with Crippen LogP contribution in [0.3, 0.4) is 0 Å². The van der Waals surface area contributed by atoms with Crippen LogP contribution in [0.15, 0.2) is 57.5 Å². The molecular formula is C26H22Br2O2. The van der Waals surface area contributed by atoms with Crippen LogP contribution in [0.2, 0.25) is 0 Å². The predicted octanol–water partition coefficient (Wildman–Crippen LogP) is 6.89. The normalized spacial score (nSPS) is 34.5. The molecule has 3 aliphatic rings. The van der Waals surface area contributed by atoms with Crippen LogP contribution in [0, 0.1) is 5.41 Å². The van der Waals surface area contributed by atoms with Crippen LogP contribution in [0.1, 0.15) is 61.1 Å². The van der Waals surface area contributed by atoms with Gasteiger partial charge in [0.1, 0.15) is 0 Å². The Bertz CT molecular complexity index is 1220. The Labute approximate surface area is 193 Å². The average molecular weight is 526 g/mol. The fourth-order valence-electron chi connectivity index (χ4n) is 7.81. The molecule has 4 atom stereocenters. The standard InChI is InChI=1S/C26H22Br2O2/c1-23-13-9-5-7-11-15(13)24(2)17-18(20(28)22(30)21(29)19(17)27)25(3,26(23,24)4)16-12-8-6-10-14(16)23/h5-12,29-30H,1-4H3/t23?,24-,25+,26?. The molecular weight excluding hydrogens is 504 g/mol. The van der Waals surface area contributed by atoms with E-state index in [9.17, 15) is 10.2 Å². The van der Waals surface area contributed by atoms with Gasteiger partial charge in [0, 0.05) is 21.7 Å². The molecule has 3 aromatic carbocycles. The second-order valence-corrected chi connectivity index (χ2v) is 11.3. The smallest absolute Gasteiger partial charge is 0.173 e. The molecule has 3 aliphatic carbocycles. The first-order chi connectivity index (χ1) is 14.1. The van der Waals surface area contributed by atoms with Crippen LogP contribution >= 0.6 is 31.9 Å². The number of hydrogen-bond acceptors (Lipinski definition) is 2. The molecule has 3 aromatic rings. The van der Waals surface area contributed by atoms with Gasteiger partial charge < -0.3 is 10.2 Å². The number of halogens is 2. The van der Waals surface area contributed by atoms with E-state index >= 15 is 0 Å². The number of rotatable bonds is 0. The summed E-state index contributed by atoms with van der Waals surface area (Å²) in [5.74, 6) is -0.207. The Morgan fingerprint density at radius 3 is 1.20 bits per heavy atom. The monoisotopic (exact) mass is 524 g/mol. The summed E-state index contributed by atoms with van der Waals surface area (Å²) in [6.45, 7) is 9.43. The number of fused-ring (bicyclic) bond motifs is 9. The SMILES string of the molecule is CC12c3ccccc3[C@@]3(C)c4c(Br)c(O)c(O)c(Br)c4[C@@](C)(c4ccccc41)C23C. The molecule has 152 valence electrons. The Kier molecular flexibility index (Phi) is 3.26. The highest BCUT2D eigenvalue weighted by Crippen LogP contribution is 2.83. The van der Waals surface area contributed by atoms with Crippen molar-refractivity contribution in [3.05, 3.63) is 90.9 Å². The van der Waals surface area contributed by atoms with E-state index in [1.54, 1.807) is 0 Å². The summed E-state index contributed by atoms with van der Waals surface area (Å²) < 4.78 is 1.18. The molecule has 0 amide bonds. The number of phenols is 2. The Hall–Kier alpha value is -1.78. The van der Waals surface area contributed by atoms with E-state index in [0.717, 1.165) is 11.1 Å². The van der Waals surface area contributed by atoms with Crippen LogP contribution in [0.4, 0.5) is 0 Å². The zero-order valence-corrected chi connectivity index (χ0v) is 20.4. The summed E-state index contributed by atoms with van der Waals surface area (Å²) in [4.78, 5) is 0. The van der Waals surface area contributed by atoms with Gasteiger partial charge in [-0.05, 0) is 65.2 Å². The number of benzene rings is 3. The quantitative estimate of drug-likeness (QED) is 0.314. The van der Waals surface area contributed by atoms with Crippen LogP contribution in [0.25, 0.3) is 0 Å². The van der Waals surface area contributed by atoms with Gasteiger partial charge in [-0.25, -0.2) is 0 Å². The van der Waals surface area contributed by atoms with E-state index in [2.05, 4.69) is 108 Å². The van der Waals surface area contributed by atoms with Crippen LogP contribution in [-0.4, -0.2) is 10.2 Å². The van der Waals surface area contributed by atoms with Gasteiger partial charge in [-0.3, -0.25) is 0 Å². The van der Waals surface area contributed by atoms with Crippen molar-refractivity contribution in [2.24, 2.45) is 5.41 Å². The fourth-order valence-corrected chi connectivity index (χ4v) is 9.37. The molecule has 0 radical (unpaired) electrons. The fraction of sp³-hybridized carbons (Fsp3) is 0.308. The topological polar surface area (TPSA) is 40.5 Å². The van der Waals surface area contributed by atoms with Crippen molar-refractivity contribution in [2.75, 3.05) is 0 Å². The highest BCUT2D eigenvalue weighted by Gasteiger charge is 2.80. The van der Waals surface area contributed by atoms with Gasteiger partial charge in [-0.15, -0.1) is 0 Å². The van der Waals surface area contributed by atoms with E-state index in [1.165, 1.54) is 22.3 Å². The van der Waals surface area contributed by atoms with Crippen molar-refractivity contribution in [3.8, 4) is 11.5 Å². The van der Waals surface area contributed by atoms with Gasteiger partial charge in [0.25, 0.3) is 0 Å². The molecule has 2 N–H and O–H groups in total. The Balaban J connectivity index is 1.96. The molecule has 6 rings (SSSR count). The van der Waals surface area contributed by atoms with E-state index in [-0.39, 0.29) is 33.2 Å². The summed E-state index contributed by atoms with van der Waals surface area (Å²) in [5.41, 5.74) is 6.25. The van der Waals surface area contributed by atoms with Gasteiger partial charge in [0.2, 0.25) is 0 Å². The van der Waals surface area contributed by atoms with Crippen molar-refractivity contribution >= 4 is 31.9 Å². The highest BCUT2D eigenvalue weighted by atomic mass is 79.9. The molecule has 0 aromatic heterocycles. The van der Waals surface area contributed by atoms with Crippen LogP contribution in [0.5, 0.6) is 11.5 Å². The van der Waals surface area contributed by atoms with Crippen LogP contribution in [-0.2, 0) is 16.2 Å². The zero-order valence-electron chi connectivity index (χ0n) is 17.3. The molecule has 30 heavy (non-hydrogen) atoms. The van der Waals surface area contributed by atoms with E-state index in [4.69, 9.17) is 0 Å². The lowest BCUT2D eigenvalue weighted by atomic mass is 9.52. The molecule has 2 nitrogen and oxygen atoms in total. The first-order valence-electron chi connectivity index (χ1n) is 10.2. The van der Waals surface area contributed by atoms with E-state index in [0.29, 0.717) is 8.95 Å². The van der Waals surface area contributed by atoms with Crippen molar-refractivity contribution in [1.29, 1.82) is 0 Å². The largest absolute Gasteiger partial charge is 0.503 e. The maximum atomic E-state index is 10.8. The molecule has 0 bridgehead atoms. The third-order valence-electron chi connectivity index (χ3n) is 9.34. The van der Waals surface area contributed by atoms with E-state index < -0.39 is 0 Å². The summed E-state index contributed by atoms with van der Waals surface area (Å²) >= 11 is 7.37. The molecule has 0 spiro atoms. The van der Waals surface area contributed by atoms with Gasteiger partial charge in [-0.1, -0.05) is 76.2 Å². The van der Waals surface area contributed by atoms with Crippen molar-refractivity contribution in [2.45, 2.75) is 43.9 Å². The summed E-state index contributed by atoms with van der Waals surface area (Å²) in [5, 5.41) is 21.6. The maximum Gasteiger partial charge on any atom is 0.173 e. The molecule has 0 fully saturated rings. The van der Waals surface area contributed by atoms with Gasteiger partial charge >= 0.3 is 0 Å². The first kappa shape index (κ1) is 18.9. The predicted molar refractivity (Wildman–Crippen MR) is 126 cm³/mol. The Morgan fingerprint density at radius 1 is 0.567 bits per heavy atom. The van der Waals surface area contributed by atoms with E-state index in [1.807, 2.05) is 0 Å². The minimum absolute atomic E-state index is 0.103. The first-order valence-corrected chi connectivity index (χ1v) is 11.8. The lowest BCUT2D eigenvalue weighted by molar-refractivity contribution is 0.0992. The molecule has 0 heterocycles. The molecule has 2 unspecified atom stereocenters. The molecule has 0 aliphatic heterocycles. The molecule has 4 heteroatoms. The van der Waals surface area contributed by atoms with Gasteiger partial charge in [0.15, 0.2) is 11.5 Å². The van der Waals surface area contributed by atoms with Crippen molar-refractivity contribution < 1.29 is 10.2 Å². The number of aromatic hydroxyl groups is 2. The van der Waals surface area contributed by atoms with Crippen molar-refractivity contribution in [1.82, 2.24) is 0 Å². The van der Waals surface area contributed by atoms with Crippen LogP contribution < -0.4 is 0 Å². The minimum atomic E-state index is -0.367. The lowest BCUT2D eigenvalue weighted by Crippen LogP contribution is -2.51.